The Kier molecular flexibility index (Phi) is 9.63. The molecule has 0 spiro atoms. The first-order chi connectivity index (χ1) is 4.73. The summed E-state index contributed by atoms with van der Waals surface area (Å²) >= 11 is -2.24. The number of halogens is 3. The van der Waals surface area contributed by atoms with Crippen molar-refractivity contribution in [2.45, 2.75) is 0 Å². The average Bonchev–Trinajstić information content (AvgIpc) is 1.90. The Bertz CT molecular complexity index is 117. The number of hydrogen-bond donors (Lipinski definition) is 0. The zero-order chi connectivity index (χ0) is 7.82. The molecule has 0 unspecified atom stereocenters. The number of rotatable bonds is 0. The third-order valence-corrected chi connectivity index (χ3v) is 0.566. The van der Waals surface area contributed by atoms with Gasteiger partial charge in [0.2, 0.25) is 0 Å². The third kappa shape index (κ3) is 12.1. The number of pyridine rings is 1. The van der Waals surface area contributed by atoms with Crippen LogP contribution < -0.4 is 0 Å². The first-order valence-electron chi connectivity index (χ1n) is 2.42. The summed E-state index contributed by atoms with van der Waals surface area (Å²) in [6.45, 7) is 0. The minimum atomic E-state index is -2.24. The van der Waals surface area contributed by atoms with E-state index in [1.807, 2.05) is 18.2 Å². The van der Waals surface area contributed by atoms with Crippen molar-refractivity contribution in [2.75, 3.05) is 0 Å². The first kappa shape index (κ1) is 11.4. The summed E-state index contributed by atoms with van der Waals surface area (Å²) in [5.41, 5.74) is 0. The molecule has 1 aromatic rings. The van der Waals surface area contributed by atoms with Crippen molar-refractivity contribution in [3.8, 4) is 0 Å². The third-order valence-electron chi connectivity index (χ3n) is 0.566. The van der Waals surface area contributed by atoms with Crippen molar-refractivity contribution in [1.82, 2.24) is 4.98 Å². The molecule has 1 heterocycles. The molecule has 0 aliphatic carbocycles. The van der Waals surface area contributed by atoms with E-state index in [2.05, 4.69) is 4.98 Å². The summed E-state index contributed by atoms with van der Waals surface area (Å²) in [5.74, 6) is 15.1. The predicted octanol–water partition coefficient (Wildman–Crippen LogP) is 3.15. The van der Waals surface area contributed by atoms with Gasteiger partial charge in [0.1, 0.15) is 0 Å². The summed E-state index contributed by atoms with van der Waals surface area (Å²) in [7, 11) is 0. The number of nitrogens with zero attached hydrogens (tertiary/aromatic N) is 1. The van der Waals surface area contributed by atoms with Gasteiger partial charge in [-0.25, -0.2) is 0 Å². The van der Waals surface area contributed by atoms with Crippen LogP contribution in [0.15, 0.2) is 30.6 Å². The molecule has 0 atom stereocenters. The van der Waals surface area contributed by atoms with Gasteiger partial charge in [-0.05, 0) is 12.1 Å². The van der Waals surface area contributed by atoms with E-state index in [4.69, 9.17) is 17.4 Å². The van der Waals surface area contributed by atoms with Gasteiger partial charge in [-0.3, -0.25) is 4.98 Å². The Balaban J connectivity index is 0.000000180. The molecule has 0 radical (unpaired) electrons. The summed E-state index contributed by atoms with van der Waals surface area (Å²) < 4.78 is 0. The maximum absolute atomic E-state index is 5.02. The molecule has 5 heteroatoms. The second kappa shape index (κ2) is 8.47. The summed E-state index contributed by atoms with van der Waals surface area (Å²) in [4.78, 5) is 3.78. The number of hydrogen-bond acceptors (Lipinski definition) is 1. The maximum Gasteiger partial charge on any atom is 0.0267 e. The van der Waals surface area contributed by atoms with Crippen LogP contribution in [0.2, 0.25) is 0 Å². The van der Waals surface area contributed by atoms with Gasteiger partial charge < -0.3 is 0 Å². The van der Waals surface area contributed by atoms with Gasteiger partial charge >= 0.3 is 47.3 Å². The average molecular weight is 330 g/mol. The van der Waals surface area contributed by atoms with E-state index in [-0.39, 0.29) is 0 Å². The standard InChI is InChI=1S/C5H5N.3ClH.Nd/c1-2-4-6-5-3-1;;;;/h1-5H;3*1H;/q;;;;+3/p-3. The minimum Gasteiger partial charge on any atom is -0.265 e. The van der Waals surface area contributed by atoms with E-state index >= 15 is 0 Å². The van der Waals surface area contributed by atoms with Crippen molar-refractivity contribution < 1.29 is 29.9 Å². The molecule has 1 nitrogen and oxygen atoms in total. The van der Waals surface area contributed by atoms with Crippen LogP contribution in [-0.4, -0.2) is 4.98 Å². The zero-order valence-electron chi connectivity index (χ0n) is 4.97. The van der Waals surface area contributed by atoms with E-state index in [0.717, 1.165) is 0 Å². The second-order valence-electron chi connectivity index (χ2n) is 1.24. The SMILES string of the molecule is [Cl][Nd]([Cl])[Cl].c1ccncc1. The van der Waals surface area contributed by atoms with Crippen LogP contribution in [0.1, 0.15) is 0 Å². The van der Waals surface area contributed by atoms with Crippen molar-refractivity contribution in [3.63, 3.8) is 0 Å². The fourth-order valence-corrected chi connectivity index (χ4v) is 0.313. The molecule has 55 valence electrons. The van der Waals surface area contributed by atoms with E-state index in [0.29, 0.717) is 0 Å². The van der Waals surface area contributed by atoms with Crippen LogP contribution in [0.5, 0.6) is 0 Å². The largest absolute Gasteiger partial charge is 0.265 e. The minimum absolute atomic E-state index is 1.75. The van der Waals surface area contributed by atoms with Crippen LogP contribution >= 0.6 is 17.4 Å². The van der Waals surface area contributed by atoms with Crippen LogP contribution in [0.25, 0.3) is 0 Å². The maximum atomic E-state index is 5.02. The van der Waals surface area contributed by atoms with Gasteiger partial charge in [-0.1, -0.05) is 6.07 Å². The van der Waals surface area contributed by atoms with E-state index < -0.39 is 29.9 Å². The molecule has 0 aromatic carbocycles. The van der Waals surface area contributed by atoms with Crippen molar-refractivity contribution in [2.24, 2.45) is 0 Å². The summed E-state index contributed by atoms with van der Waals surface area (Å²) in [6, 6.07) is 5.72. The molecular weight excluding hydrogens is 325 g/mol. The van der Waals surface area contributed by atoms with E-state index in [9.17, 15) is 0 Å². The normalized spacial score (nSPS) is 7.50. The molecule has 0 bridgehead atoms. The van der Waals surface area contributed by atoms with Crippen LogP contribution in [0, 0.1) is 29.9 Å². The molecular formula is C5H5Cl3NNd. The van der Waals surface area contributed by atoms with Crippen LogP contribution in [-0.2, 0) is 0 Å². The Morgan fingerprint density at radius 3 is 1.40 bits per heavy atom. The molecule has 0 aliphatic rings. The van der Waals surface area contributed by atoms with Gasteiger partial charge in [0.25, 0.3) is 0 Å². The summed E-state index contributed by atoms with van der Waals surface area (Å²) in [6.07, 6.45) is 3.50. The van der Waals surface area contributed by atoms with Crippen LogP contribution in [0.3, 0.4) is 0 Å². The quantitative estimate of drug-likeness (QED) is 0.712. The van der Waals surface area contributed by atoms with Gasteiger partial charge in [-0.15, -0.1) is 0 Å². The fraction of sp³-hybridized carbons (Fsp3) is 0. The fourth-order valence-electron chi connectivity index (χ4n) is 0.313. The molecule has 0 N–H and O–H groups in total. The Labute approximate surface area is 81.4 Å². The second-order valence-corrected chi connectivity index (χ2v) is 15.3. The molecule has 0 aliphatic heterocycles. The molecule has 1 rings (SSSR count). The topological polar surface area (TPSA) is 12.9 Å². The molecule has 0 fully saturated rings. The number of aromatic nitrogens is 1. The van der Waals surface area contributed by atoms with Gasteiger partial charge in [-0.2, -0.15) is 0 Å². The Morgan fingerprint density at radius 2 is 1.30 bits per heavy atom. The first-order valence-corrected chi connectivity index (χ1v) is 14.5. The molecule has 0 saturated carbocycles. The Hall–Kier alpha value is 1.37. The zero-order valence-corrected chi connectivity index (χ0v) is 10.4. The van der Waals surface area contributed by atoms with E-state index in [1.165, 1.54) is 0 Å². The molecule has 0 amide bonds. The van der Waals surface area contributed by atoms with E-state index in [1.54, 1.807) is 12.4 Å². The van der Waals surface area contributed by atoms with Crippen molar-refractivity contribution in [1.29, 1.82) is 0 Å². The molecule has 1 aromatic heterocycles. The van der Waals surface area contributed by atoms with Gasteiger partial charge in [0.15, 0.2) is 0 Å². The van der Waals surface area contributed by atoms with Gasteiger partial charge in [0.05, 0.1) is 0 Å². The van der Waals surface area contributed by atoms with Crippen LogP contribution in [0.4, 0.5) is 0 Å². The predicted molar refractivity (Wildman–Crippen MR) is 41.8 cm³/mol. The van der Waals surface area contributed by atoms with Gasteiger partial charge in [0, 0.05) is 12.4 Å². The smallest absolute Gasteiger partial charge is 0.0267 e. The van der Waals surface area contributed by atoms with Crippen molar-refractivity contribution >= 4 is 17.4 Å². The molecule has 0 saturated heterocycles. The summed E-state index contributed by atoms with van der Waals surface area (Å²) in [5, 5.41) is 0. The van der Waals surface area contributed by atoms with Crippen molar-refractivity contribution in [3.05, 3.63) is 30.6 Å². The monoisotopic (exact) mass is 326 g/mol. The molecule has 10 heavy (non-hydrogen) atoms. The Morgan fingerprint density at radius 1 is 0.900 bits per heavy atom.